The van der Waals surface area contributed by atoms with E-state index in [1.807, 2.05) is 30.5 Å². The molecule has 5 nitrogen and oxygen atoms in total. The SMILES string of the molecule is CC(C)(C)CCN1CCC2(CC1)CC2CN=C(N)/C=C\C(=N)c1ccc2ccncc2c1. The second kappa shape index (κ2) is 9.14. The van der Waals surface area contributed by atoms with Crippen molar-refractivity contribution in [2.45, 2.75) is 46.5 Å². The van der Waals surface area contributed by atoms with Crippen LogP contribution >= 0.6 is 0 Å². The lowest BCUT2D eigenvalue weighted by atomic mass is 9.88. The molecule has 2 aliphatic rings. The van der Waals surface area contributed by atoms with Gasteiger partial charge in [-0.3, -0.25) is 9.98 Å². The van der Waals surface area contributed by atoms with Crippen LogP contribution in [0.4, 0.5) is 0 Å². The Morgan fingerprint density at radius 3 is 2.75 bits per heavy atom. The predicted molar refractivity (Wildman–Crippen MR) is 134 cm³/mol. The van der Waals surface area contributed by atoms with Crippen LogP contribution < -0.4 is 5.73 Å². The average molecular weight is 432 g/mol. The molecule has 1 aromatic heterocycles. The highest BCUT2D eigenvalue weighted by Crippen LogP contribution is 2.59. The first-order valence-electron chi connectivity index (χ1n) is 11.9. The molecule has 4 rings (SSSR count). The van der Waals surface area contributed by atoms with Gasteiger partial charge in [0.2, 0.25) is 0 Å². The van der Waals surface area contributed by atoms with E-state index in [4.69, 9.17) is 11.1 Å². The molecule has 0 radical (unpaired) electrons. The third-order valence-electron chi connectivity index (χ3n) is 7.26. The molecule has 1 saturated heterocycles. The van der Waals surface area contributed by atoms with E-state index in [-0.39, 0.29) is 0 Å². The van der Waals surface area contributed by atoms with E-state index >= 15 is 0 Å². The lowest BCUT2D eigenvalue weighted by Crippen LogP contribution is -2.37. The molecule has 1 aromatic carbocycles. The second-order valence-electron chi connectivity index (χ2n) is 10.9. The number of nitrogens with zero attached hydrogens (tertiary/aromatic N) is 3. The highest BCUT2D eigenvalue weighted by molar-refractivity contribution is 6.11. The number of benzene rings is 1. The lowest BCUT2D eigenvalue weighted by Gasteiger charge is -2.34. The maximum Gasteiger partial charge on any atom is 0.118 e. The Balaban J connectivity index is 1.25. The molecule has 0 amide bonds. The summed E-state index contributed by atoms with van der Waals surface area (Å²) in [6.07, 6.45) is 12.3. The number of aliphatic imine (C=N–C) groups is 1. The standard InChI is InChI=1S/C27H37N5/c1-26(2,3)9-13-32-14-10-27(11-15-32)17-23(27)19-31-25(29)7-6-24(28)21-5-4-20-8-12-30-18-22(20)16-21/h4-8,12,16,18,23,28H,9-11,13-15,17,19H2,1-3H3,(H2,29,31)/b7-6-,28-24?. The number of allylic oxidation sites excluding steroid dienone is 1. The Labute approximate surface area is 192 Å². The number of piperidine rings is 1. The Morgan fingerprint density at radius 1 is 1.22 bits per heavy atom. The average Bonchev–Trinajstić information content (AvgIpc) is 3.46. The normalized spacial score (nSPS) is 21.5. The Kier molecular flexibility index (Phi) is 6.47. The molecular weight excluding hydrogens is 394 g/mol. The first-order chi connectivity index (χ1) is 15.2. The maximum absolute atomic E-state index is 8.35. The van der Waals surface area contributed by atoms with Gasteiger partial charge in [0, 0.05) is 29.9 Å². The number of pyridine rings is 1. The van der Waals surface area contributed by atoms with Gasteiger partial charge in [-0.05, 0) is 91.7 Å². The van der Waals surface area contributed by atoms with Crippen molar-refractivity contribution in [1.82, 2.24) is 9.88 Å². The van der Waals surface area contributed by atoms with Gasteiger partial charge in [0.05, 0.1) is 5.71 Å². The van der Waals surface area contributed by atoms with Crippen LogP contribution in [-0.4, -0.2) is 47.6 Å². The van der Waals surface area contributed by atoms with Crippen LogP contribution in [0.3, 0.4) is 0 Å². The smallest absolute Gasteiger partial charge is 0.118 e. The van der Waals surface area contributed by atoms with Crippen LogP contribution in [-0.2, 0) is 0 Å². The molecule has 1 unspecified atom stereocenters. The van der Waals surface area contributed by atoms with Crippen molar-refractivity contribution in [3.05, 3.63) is 54.4 Å². The third-order valence-corrected chi connectivity index (χ3v) is 7.26. The first kappa shape index (κ1) is 22.7. The topological polar surface area (TPSA) is 78.4 Å². The molecule has 170 valence electrons. The number of fused-ring (bicyclic) bond motifs is 1. The molecule has 2 aromatic rings. The van der Waals surface area contributed by atoms with E-state index in [0.717, 1.165) is 22.9 Å². The van der Waals surface area contributed by atoms with Crippen molar-refractivity contribution in [3.63, 3.8) is 0 Å². The number of nitrogens with two attached hydrogens (primary N) is 1. The van der Waals surface area contributed by atoms with Gasteiger partial charge in [0.1, 0.15) is 5.84 Å². The van der Waals surface area contributed by atoms with Crippen LogP contribution in [0.1, 0.15) is 52.0 Å². The minimum atomic E-state index is 0.416. The van der Waals surface area contributed by atoms with Crippen LogP contribution in [0.15, 0.2) is 53.8 Å². The van der Waals surface area contributed by atoms with E-state index in [1.165, 1.54) is 45.3 Å². The van der Waals surface area contributed by atoms with E-state index < -0.39 is 0 Å². The summed E-state index contributed by atoms with van der Waals surface area (Å²) in [6, 6.07) is 7.95. The highest BCUT2D eigenvalue weighted by atomic mass is 15.1. The quantitative estimate of drug-likeness (QED) is 0.475. The number of hydrogen-bond acceptors (Lipinski definition) is 4. The van der Waals surface area contributed by atoms with Gasteiger partial charge in [0.15, 0.2) is 0 Å². The number of amidine groups is 1. The van der Waals surface area contributed by atoms with Gasteiger partial charge in [-0.25, -0.2) is 0 Å². The van der Waals surface area contributed by atoms with Crippen LogP contribution in [0, 0.1) is 22.2 Å². The lowest BCUT2D eigenvalue weighted by molar-refractivity contribution is 0.146. The van der Waals surface area contributed by atoms with Crippen molar-refractivity contribution in [2.75, 3.05) is 26.2 Å². The minimum Gasteiger partial charge on any atom is -0.384 e. The Hall–Kier alpha value is -2.53. The summed E-state index contributed by atoms with van der Waals surface area (Å²) in [4.78, 5) is 11.4. The summed E-state index contributed by atoms with van der Waals surface area (Å²) < 4.78 is 0. The third kappa shape index (κ3) is 5.63. The number of hydrogen-bond donors (Lipinski definition) is 2. The number of nitrogens with one attached hydrogen (secondary N) is 1. The van der Waals surface area contributed by atoms with Crippen LogP contribution in [0.5, 0.6) is 0 Å². The molecule has 32 heavy (non-hydrogen) atoms. The number of aromatic nitrogens is 1. The predicted octanol–water partition coefficient (Wildman–Crippen LogP) is 5.05. The van der Waals surface area contributed by atoms with E-state index in [9.17, 15) is 0 Å². The number of likely N-dealkylation sites (tertiary alicyclic amines) is 1. The van der Waals surface area contributed by atoms with Gasteiger partial charge in [-0.15, -0.1) is 0 Å². The van der Waals surface area contributed by atoms with Gasteiger partial charge in [0.25, 0.3) is 0 Å². The van der Waals surface area contributed by atoms with Crippen molar-refractivity contribution in [2.24, 2.45) is 27.5 Å². The summed E-state index contributed by atoms with van der Waals surface area (Å²) in [5.74, 6) is 1.19. The molecule has 5 heteroatoms. The second-order valence-corrected chi connectivity index (χ2v) is 10.9. The summed E-state index contributed by atoms with van der Waals surface area (Å²) in [6.45, 7) is 11.5. The molecule has 2 fully saturated rings. The molecule has 3 N–H and O–H groups in total. The summed E-state index contributed by atoms with van der Waals surface area (Å²) in [7, 11) is 0. The van der Waals surface area contributed by atoms with Crippen molar-refractivity contribution in [3.8, 4) is 0 Å². The zero-order chi connectivity index (χ0) is 22.8. The fraction of sp³-hybridized carbons (Fsp3) is 0.519. The maximum atomic E-state index is 8.35. The van der Waals surface area contributed by atoms with Crippen molar-refractivity contribution in [1.29, 1.82) is 5.41 Å². The van der Waals surface area contributed by atoms with Gasteiger partial charge in [-0.2, -0.15) is 0 Å². The minimum absolute atomic E-state index is 0.416. The highest BCUT2D eigenvalue weighted by Gasteiger charge is 2.54. The fourth-order valence-corrected chi connectivity index (χ4v) is 4.80. The van der Waals surface area contributed by atoms with Gasteiger partial charge in [-0.1, -0.05) is 32.9 Å². The summed E-state index contributed by atoms with van der Waals surface area (Å²) >= 11 is 0. The summed E-state index contributed by atoms with van der Waals surface area (Å²) in [5, 5.41) is 10.5. The molecule has 1 saturated carbocycles. The number of rotatable bonds is 7. The zero-order valence-electron chi connectivity index (χ0n) is 19.8. The molecule has 0 bridgehead atoms. The largest absolute Gasteiger partial charge is 0.384 e. The Bertz CT molecular complexity index is 1020. The van der Waals surface area contributed by atoms with Gasteiger partial charge < -0.3 is 16.0 Å². The van der Waals surface area contributed by atoms with Crippen molar-refractivity contribution < 1.29 is 0 Å². The monoisotopic (exact) mass is 431 g/mol. The molecule has 2 heterocycles. The Morgan fingerprint density at radius 2 is 2.00 bits per heavy atom. The zero-order valence-corrected chi connectivity index (χ0v) is 19.8. The molecular formula is C27H37N5. The molecule has 1 atom stereocenters. The first-order valence-corrected chi connectivity index (χ1v) is 11.9. The van der Waals surface area contributed by atoms with Crippen molar-refractivity contribution >= 4 is 22.3 Å². The fourth-order valence-electron chi connectivity index (χ4n) is 4.80. The van der Waals surface area contributed by atoms with Crippen LogP contribution in [0.2, 0.25) is 0 Å². The van der Waals surface area contributed by atoms with E-state index in [2.05, 4.69) is 35.6 Å². The summed E-state index contributed by atoms with van der Waals surface area (Å²) in [5.41, 5.74) is 8.35. The van der Waals surface area contributed by atoms with Gasteiger partial charge >= 0.3 is 0 Å². The van der Waals surface area contributed by atoms with Crippen LogP contribution in [0.25, 0.3) is 10.8 Å². The molecule has 1 aliphatic carbocycles. The van der Waals surface area contributed by atoms with E-state index in [1.54, 1.807) is 18.3 Å². The van der Waals surface area contributed by atoms with E-state index in [0.29, 0.717) is 28.3 Å². The molecule has 1 aliphatic heterocycles. The molecule has 1 spiro atoms.